The monoisotopic (exact) mass is 260 g/mol. The van der Waals surface area contributed by atoms with Gasteiger partial charge in [-0.05, 0) is 30.4 Å². The molecule has 3 unspecified atom stereocenters. The lowest BCUT2D eigenvalue weighted by Gasteiger charge is -2.17. The molecule has 1 aromatic carbocycles. The minimum Gasteiger partial charge on any atom is -0.480 e. The molecule has 4 nitrogen and oxygen atoms in total. The summed E-state index contributed by atoms with van der Waals surface area (Å²) in [5.74, 6) is 1.24. The van der Waals surface area contributed by atoms with Crippen LogP contribution in [0.2, 0.25) is 0 Å². The summed E-state index contributed by atoms with van der Waals surface area (Å²) >= 11 is 0. The molecular formula is C15H20N2O2. The Bertz CT molecular complexity index is 450. The van der Waals surface area contributed by atoms with Crippen molar-refractivity contribution >= 4 is 5.91 Å². The third-order valence-electron chi connectivity index (χ3n) is 4.20. The van der Waals surface area contributed by atoms with Crippen molar-refractivity contribution in [2.75, 3.05) is 6.54 Å². The van der Waals surface area contributed by atoms with Crippen LogP contribution in [0.5, 0.6) is 5.75 Å². The minimum atomic E-state index is -0.380. The van der Waals surface area contributed by atoms with Gasteiger partial charge in [-0.2, -0.15) is 0 Å². The molecule has 0 spiro atoms. The average Bonchev–Trinajstić information content (AvgIpc) is 3.01. The van der Waals surface area contributed by atoms with E-state index in [9.17, 15) is 4.79 Å². The molecule has 0 saturated heterocycles. The quantitative estimate of drug-likeness (QED) is 0.859. The summed E-state index contributed by atoms with van der Waals surface area (Å²) in [5, 5.41) is 2.99. The van der Waals surface area contributed by atoms with Crippen molar-refractivity contribution in [3.63, 3.8) is 0 Å². The molecule has 1 saturated carbocycles. The van der Waals surface area contributed by atoms with Crippen molar-refractivity contribution in [1.82, 2.24) is 5.32 Å². The second-order valence-corrected chi connectivity index (χ2v) is 5.52. The van der Waals surface area contributed by atoms with Crippen LogP contribution in [0.4, 0.5) is 0 Å². The van der Waals surface area contributed by atoms with Crippen molar-refractivity contribution in [2.45, 2.75) is 37.8 Å². The van der Waals surface area contributed by atoms with E-state index in [-0.39, 0.29) is 18.1 Å². The van der Waals surface area contributed by atoms with E-state index < -0.39 is 0 Å². The maximum Gasteiger partial charge on any atom is 0.261 e. The maximum atomic E-state index is 12.1. The van der Waals surface area contributed by atoms with Crippen LogP contribution in [-0.2, 0) is 11.2 Å². The summed E-state index contributed by atoms with van der Waals surface area (Å²) in [7, 11) is 0. The lowest BCUT2D eigenvalue weighted by molar-refractivity contribution is -0.127. The molecule has 3 N–H and O–H groups in total. The molecule has 0 bridgehead atoms. The van der Waals surface area contributed by atoms with Gasteiger partial charge in [0.15, 0.2) is 6.10 Å². The van der Waals surface area contributed by atoms with Gasteiger partial charge in [-0.3, -0.25) is 4.79 Å². The van der Waals surface area contributed by atoms with E-state index in [1.165, 1.54) is 6.42 Å². The molecular weight excluding hydrogens is 240 g/mol. The lowest BCUT2D eigenvalue weighted by Crippen LogP contribution is -2.42. The highest BCUT2D eigenvalue weighted by Crippen LogP contribution is 2.28. The Labute approximate surface area is 113 Å². The number of benzene rings is 1. The molecule has 0 radical (unpaired) electrons. The van der Waals surface area contributed by atoms with Gasteiger partial charge < -0.3 is 15.8 Å². The van der Waals surface area contributed by atoms with Gasteiger partial charge in [-0.25, -0.2) is 0 Å². The van der Waals surface area contributed by atoms with Gasteiger partial charge in [0, 0.05) is 19.0 Å². The largest absolute Gasteiger partial charge is 0.480 e. The topological polar surface area (TPSA) is 64.3 Å². The fourth-order valence-electron chi connectivity index (χ4n) is 2.99. The number of carbonyl (C=O) groups excluding carboxylic acids is 1. The molecule has 1 aliphatic heterocycles. The van der Waals surface area contributed by atoms with E-state index in [0.717, 1.165) is 24.2 Å². The summed E-state index contributed by atoms with van der Waals surface area (Å²) in [5.41, 5.74) is 7.12. The first kappa shape index (κ1) is 12.5. The lowest BCUT2D eigenvalue weighted by atomic mass is 10.0. The molecule has 0 aromatic heterocycles. The summed E-state index contributed by atoms with van der Waals surface area (Å²) in [6.45, 7) is 0.677. The first-order valence-corrected chi connectivity index (χ1v) is 7.02. The molecule has 3 rings (SSSR count). The van der Waals surface area contributed by atoms with Gasteiger partial charge in [-0.15, -0.1) is 0 Å². The molecule has 4 heteroatoms. The zero-order valence-electron chi connectivity index (χ0n) is 11.0. The first-order chi connectivity index (χ1) is 9.24. The second-order valence-electron chi connectivity index (χ2n) is 5.52. The Hall–Kier alpha value is -1.55. The van der Waals surface area contributed by atoms with Crippen molar-refractivity contribution in [3.8, 4) is 5.75 Å². The van der Waals surface area contributed by atoms with E-state index in [1.54, 1.807) is 0 Å². The van der Waals surface area contributed by atoms with Crippen LogP contribution in [-0.4, -0.2) is 24.6 Å². The van der Waals surface area contributed by atoms with Crippen molar-refractivity contribution < 1.29 is 9.53 Å². The van der Waals surface area contributed by atoms with Gasteiger partial charge in [0.2, 0.25) is 0 Å². The van der Waals surface area contributed by atoms with Crippen molar-refractivity contribution in [2.24, 2.45) is 11.7 Å². The summed E-state index contributed by atoms with van der Waals surface area (Å²) in [6.07, 6.45) is 3.65. The number of hydrogen-bond donors (Lipinski definition) is 2. The van der Waals surface area contributed by atoms with Crippen LogP contribution in [0, 0.1) is 5.92 Å². The number of para-hydroxylation sites is 1. The summed E-state index contributed by atoms with van der Waals surface area (Å²) in [4.78, 5) is 12.1. The van der Waals surface area contributed by atoms with Crippen LogP contribution in [0.1, 0.15) is 24.8 Å². The highest BCUT2D eigenvalue weighted by atomic mass is 16.5. The highest BCUT2D eigenvalue weighted by Gasteiger charge is 2.30. The zero-order valence-corrected chi connectivity index (χ0v) is 11.0. The molecule has 1 heterocycles. The van der Waals surface area contributed by atoms with Gasteiger partial charge in [-0.1, -0.05) is 24.6 Å². The number of fused-ring (bicyclic) bond motifs is 1. The molecule has 3 atom stereocenters. The van der Waals surface area contributed by atoms with E-state index >= 15 is 0 Å². The van der Waals surface area contributed by atoms with Gasteiger partial charge in [0.1, 0.15) is 5.75 Å². The molecule has 2 aliphatic rings. The SMILES string of the molecule is NC1CCCC1CNC(=O)C1Cc2ccccc2O1. The number of nitrogens with one attached hydrogen (secondary N) is 1. The number of carbonyl (C=O) groups is 1. The molecule has 102 valence electrons. The Morgan fingerprint density at radius 3 is 2.95 bits per heavy atom. The summed E-state index contributed by atoms with van der Waals surface area (Å²) < 4.78 is 5.67. The molecule has 1 aliphatic carbocycles. The van der Waals surface area contributed by atoms with E-state index in [4.69, 9.17) is 10.5 Å². The van der Waals surface area contributed by atoms with Gasteiger partial charge in [0.05, 0.1) is 0 Å². The van der Waals surface area contributed by atoms with Gasteiger partial charge in [0.25, 0.3) is 5.91 Å². The third-order valence-corrected chi connectivity index (χ3v) is 4.20. The minimum absolute atomic E-state index is 0.0182. The highest BCUT2D eigenvalue weighted by molar-refractivity contribution is 5.82. The standard InChI is InChI=1S/C15H20N2O2/c16-12-6-3-5-11(12)9-17-15(18)14-8-10-4-1-2-7-13(10)19-14/h1-2,4,7,11-12,14H,3,5-6,8-9,16H2,(H,17,18). The van der Waals surface area contributed by atoms with Crippen LogP contribution in [0.15, 0.2) is 24.3 Å². The number of rotatable bonds is 3. The number of nitrogens with two attached hydrogens (primary N) is 1. The van der Waals surface area contributed by atoms with Crippen LogP contribution < -0.4 is 15.8 Å². The predicted octanol–water partition coefficient (Wildman–Crippen LogP) is 1.23. The molecule has 1 amide bonds. The summed E-state index contributed by atoms with van der Waals surface area (Å²) in [6, 6.07) is 8.06. The van der Waals surface area contributed by atoms with Crippen LogP contribution >= 0.6 is 0 Å². The van der Waals surface area contributed by atoms with Crippen LogP contribution in [0.25, 0.3) is 0 Å². The van der Waals surface area contributed by atoms with Crippen LogP contribution in [0.3, 0.4) is 0 Å². The molecule has 1 aromatic rings. The number of amides is 1. The van der Waals surface area contributed by atoms with Crippen molar-refractivity contribution in [1.29, 1.82) is 0 Å². The average molecular weight is 260 g/mol. The van der Waals surface area contributed by atoms with E-state index in [0.29, 0.717) is 18.9 Å². The zero-order chi connectivity index (χ0) is 13.2. The predicted molar refractivity (Wildman–Crippen MR) is 72.9 cm³/mol. The number of ether oxygens (including phenoxy) is 1. The molecule has 19 heavy (non-hydrogen) atoms. The smallest absolute Gasteiger partial charge is 0.261 e. The Morgan fingerprint density at radius 2 is 2.21 bits per heavy atom. The molecule has 1 fully saturated rings. The normalized spacial score (nSPS) is 28.8. The Kier molecular flexibility index (Phi) is 3.42. The van der Waals surface area contributed by atoms with Crippen molar-refractivity contribution in [3.05, 3.63) is 29.8 Å². The second kappa shape index (κ2) is 5.21. The van der Waals surface area contributed by atoms with Gasteiger partial charge >= 0.3 is 0 Å². The first-order valence-electron chi connectivity index (χ1n) is 7.02. The van der Waals surface area contributed by atoms with E-state index in [1.807, 2.05) is 24.3 Å². The maximum absolute atomic E-state index is 12.1. The Balaban J connectivity index is 1.52. The Morgan fingerprint density at radius 1 is 1.37 bits per heavy atom. The van der Waals surface area contributed by atoms with E-state index in [2.05, 4.69) is 5.32 Å². The fourth-order valence-corrected chi connectivity index (χ4v) is 2.99. The number of hydrogen-bond acceptors (Lipinski definition) is 3. The third kappa shape index (κ3) is 2.59. The fraction of sp³-hybridized carbons (Fsp3) is 0.533.